The number of hydrogen-bond donors (Lipinski definition) is 0. The number of hydrogen-bond acceptors (Lipinski definition) is 5. The molecule has 1 aromatic heterocycles. The summed E-state index contributed by atoms with van der Waals surface area (Å²) in [4.78, 5) is 11.2. The molecule has 1 fully saturated rings. The fourth-order valence-electron chi connectivity index (χ4n) is 2.73. The van der Waals surface area contributed by atoms with E-state index in [1.807, 2.05) is 43.6 Å². The fraction of sp³-hybridized carbons (Fsp3) is 0.400. The first-order valence-corrected chi connectivity index (χ1v) is 8.69. The average Bonchev–Trinajstić information content (AvgIpc) is 2.63. The van der Waals surface area contributed by atoms with Crippen molar-refractivity contribution in [3.05, 3.63) is 54.6 Å². The van der Waals surface area contributed by atoms with E-state index in [0.717, 1.165) is 67.5 Å². The highest BCUT2D eigenvalue weighted by molar-refractivity contribution is 5.62. The Labute approximate surface area is 149 Å². The molecule has 5 nitrogen and oxygen atoms in total. The van der Waals surface area contributed by atoms with Crippen molar-refractivity contribution in [1.29, 1.82) is 0 Å². The predicted molar refractivity (Wildman–Crippen MR) is 98.7 cm³/mol. The minimum atomic E-state index is 0.693. The Morgan fingerprint density at radius 3 is 2.44 bits per heavy atom. The number of morpholine rings is 1. The van der Waals surface area contributed by atoms with Gasteiger partial charge >= 0.3 is 0 Å². The average molecular weight is 339 g/mol. The van der Waals surface area contributed by atoms with E-state index < -0.39 is 0 Å². The van der Waals surface area contributed by atoms with E-state index in [4.69, 9.17) is 9.47 Å². The van der Waals surface area contributed by atoms with Gasteiger partial charge in [0.05, 0.1) is 13.2 Å². The second-order valence-corrected chi connectivity index (χ2v) is 6.35. The summed E-state index contributed by atoms with van der Waals surface area (Å²) in [6, 6.07) is 8.08. The molecule has 0 radical (unpaired) electrons. The topological polar surface area (TPSA) is 47.5 Å². The molecule has 1 aliphatic rings. The van der Waals surface area contributed by atoms with Gasteiger partial charge in [-0.15, -0.1) is 0 Å². The minimum Gasteiger partial charge on any atom is -0.492 e. The summed E-state index contributed by atoms with van der Waals surface area (Å²) in [6.07, 6.45) is 4.44. The normalized spacial score (nSPS) is 15.1. The molecule has 0 amide bonds. The van der Waals surface area contributed by atoms with Crippen molar-refractivity contribution in [2.24, 2.45) is 0 Å². The van der Waals surface area contributed by atoms with Crippen LogP contribution in [0.5, 0.6) is 5.75 Å². The molecule has 1 saturated heterocycles. The van der Waals surface area contributed by atoms with Gasteiger partial charge in [-0.25, -0.2) is 9.97 Å². The Hall–Kier alpha value is -2.24. The molecule has 0 bridgehead atoms. The van der Waals surface area contributed by atoms with E-state index >= 15 is 0 Å². The first-order chi connectivity index (χ1) is 12.2. The van der Waals surface area contributed by atoms with Crippen molar-refractivity contribution >= 4 is 0 Å². The van der Waals surface area contributed by atoms with Crippen LogP contribution in [-0.2, 0) is 11.2 Å². The third kappa shape index (κ3) is 5.37. The Bertz CT molecular complexity index is 677. The molecule has 0 saturated carbocycles. The van der Waals surface area contributed by atoms with E-state index in [9.17, 15) is 0 Å². The number of nitrogens with zero attached hydrogens (tertiary/aromatic N) is 3. The quantitative estimate of drug-likeness (QED) is 0.726. The number of aromatic nitrogens is 2. The fourth-order valence-corrected chi connectivity index (χ4v) is 2.73. The molecule has 25 heavy (non-hydrogen) atoms. The van der Waals surface area contributed by atoms with Crippen molar-refractivity contribution in [3.8, 4) is 16.9 Å². The van der Waals surface area contributed by atoms with Gasteiger partial charge in [-0.1, -0.05) is 24.3 Å². The Balaban J connectivity index is 1.51. The molecule has 3 rings (SSSR count). The molecular weight excluding hydrogens is 314 g/mol. The van der Waals surface area contributed by atoms with Crippen LogP contribution in [0.4, 0.5) is 0 Å². The Morgan fingerprint density at radius 1 is 1.12 bits per heavy atom. The van der Waals surface area contributed by atoms with Gasteiger partial charge in [0.25, 0.3) is 0 Å². The summed E-state index contributed by atoms with van der Waals surface area (Å²) in [5, 5.41) is 0. The van der Waals surface area contributed by atoms with Crippen molar-refractivity contribution < 1.29 is 9.47 Å². The summed E-state index contributed by atoms with van der Waals surface area (Å²) >= 11 is 0. The van der Waals surface area contributed by atoms with E-state index in [2.05, 4.69) is 21.4 Å². The standard InChI is InChI=1S/C20H25N3O2/c1-16(2)13-20-21-14-18(15-22-20)17-3-5-19(6-4-17)25-12-9-23-7-10-24-11-8-23/h3-6,14-15H,1,7-13H2,2H3. The maximum atomic E-state index is 5.84. The zero-order valence-corrected chi connectivity index (χ0v) is 14.8. The van der Waals surface area contributed by atoms with Gasteiger partial charge in [0.15, 0.2) is 0 Å². The van der Waals surface area contributed by atoms with Crippen LogP contribution in [-0.4, -0.2) is 54.3 Å². The first-order valence-electron chi connectivity index (χ1n) is 8.69. The molecule has 0 atom stereocenters. The maximum absolute atomic E-state index is 5.84. The SMILES string of the molecule is C=C(C)Cc1ncc(-c2ccc(OCCN3CCOCC3)cc2)cn1. The van der Waals surface area contributed by atoms with Crippen LogP contribution >= 0.6 is 0 Å². The largest absolute Gasteiger partial charge is 0.492 e. The molecule has 5 heteroatoms. The molecule has 0 aliphatic carbocycles. The Morgan fingerprint density at radius 2 is 1.80 bits per heavy atom. The monoisotopic (exact) mass is 339 g/mol. The molecule has 0 spiro atoms. The van der Waals surface area contributed by atoms with Crippen molar-refractivity contribution in [2.45, 2.75) is 13.3 Å². The highest BCUT2D eigenvalue weighted by Gasteiger charge is 2.09. The van der Waals surface area contributed by atoms with E-state index in [0.29, 0.717) is 6.61 Å². The Kier molecular flexibility index (Phi) is 6.14. The number of benzene rings is 1. The second-order valence-electron chi connectivity index (χ2n) is 6.35. The van der Waals surface area contributed by atoms with Crippen molar-refractivity contribution in [2.75, 3.05) is 39.5 Å². The summed E-state index contributed by atoms with van der Waals surface area (Å²) in [5.74, 6) is 1.69. The molecule has 1 aromatic carbocycles. The van der Waals surface area contributed by atoms with Crippen LogP contribution in [0.25, 0.3) is 11.1 Å². The summed E-state index contributed by atoms with van der Waals surface area (Å²) in [7, 11) is 0. The van der Waals surface area contributed by atoms with Crippen LogP contribution in [0, 0.1) is 0 Å². The van der Waals surface area contributed by atoms with Gasteiger partial charge in [-0.05, 0) is 24.6 Å². The van der Waals surface area contributed by atoms with E-state index in [1.54, 1.807) is 0 Å². The highest BCUT2D eigenvalue weighted by atomic mass is 16.5. The van der Waals surface area contributed by atoms with Crippen molar-refractivity contribution in [3.63, 3.8) is 0 Å². The van der Waals surface area contributed by atoms with Gasteiger partial charge < -0.3 is 9.47 Å². The molecule has 132 valence electrons. The van der Waals surface area contributed by atoms with Crippen LogP contribution in [0.15, 0.2) is 48.8 Å². The molecule has 0 N–H and O–H groups in total. The highest BCUT2D eigenvalue weighted by Crippen LogP contribution is 2.21. The van der Waals surface area contributed by atoms with E-state index in [1.165, 1.54) is 0 Å². The van der Waals surface area contributed by atoms with Gasteiger partial charge in [0, 0.05) is 44.0 Å². The van der Waals surface area contributed by atoms with Gasteiger partial charge in [0.2, 0.25) is 0 Å². The van der Waals surface area contributed by atoms with Crippen LogP contribution in [0.1, 0.15) is 12.7 Å². The second kappa shape index (κ2) is 8.74. The van der Waals surface area contributed by atoms with Crippen molar-refractivity contribution in [1.82, 2.24) is 14.9 Å². The summed E-state index contributed by atoms with van der Waals surface area (Å²) in [5.41, 5.74) is 3.15. The minimum absolute atomic E-state index is 0.693. The molecule has 2 heterocycles. The van der Waals surface area contributed by atoms with Crippen LogP contribution in [0.3, 0.4) is 0 Å². The third-order valence-corrected chi connectivity index (χ3v) is 4.13. The number of allylic oxidation sites excluding steroid dienone is 1. The van der Waals surface area contributed by atoms with Crippen LogP contribution in [0.2, 0.25) is 0 Å². The molecular formula is C20H25N3O2. The summed E-state index contributed by atoms with van der Waals surface area (Å²) in [6.45, 7) is 11.1. The third-order valence-electron chi connectivity index (χ3n) is 4.13. The van der Waals surface area contributed by atoms with Gasteiger partial charge in [-0.2, -0.15) is 0 Å². The lowest BCUT2D eigenvalue weighted by molar-refractivity contribution is 0.0322. The number of ether oxygens (including phenoxy) is 2. The van der Waals surface area contributed by atoms with E-state index in [-0.39, 0.29) is 0 Å². The lowest BCUT2D eigenvalue weighted by atomic mass is 10.1. The number of rotatable bonds is 7. The molecule has 2 aromatic rings. The molecule has 1 aliphatic heterocycles. The summed E-state index contributed by atoms with van der Waals surface area (Å²) < 4.78 is 11.2. The molecule has 0 unspecified atom stereocenters. The predicted octanol–water partition coefficient (Wildman–Crippen LogP) is 2.97. The zero-order valence-electron chi connectivity index (χ0n) is 14.8. The lowest BCUT2D eigenvalue weighted by Crippen LogP contribution is -2.38. The lowest BCUT2D eigenvalue weighted by Gasteiger charge is -2.26. The first kappa shape index (κ1) is 17.6. The van der Waals surface area contributed by atoms with Gasteiger partial charge in [0.1, 0.15) is 18.2 Å². The smallest absolute Gasteiger partial charge is 0.132 e. The zero-order chi connectivity index (χ0) is 17.5. The van der Waals surface area contributed by atoms with Crippen LogP contribution < -0.4 is 4.74 Å². The van der Waals surface area contributed by atoms with Gasteiger partial charge in [-0.3, -0.25) is 4.90 Å². The maximum Gasteiger partial charge on any atom is 0.132 e.